The van der Waals surface area contributed by atoms with Crippen molar-refractivity contribution in [1.82, 2.24) is 0 Å². The number of fused-ring (bicyclic) bond motifs is 1. The molecule has 1 aromatic carbocycles. The van der Waals surface area contributed by atoms with E-state index in [4.69, 9.17) is 16.2 Å². The summed E-state index contributed by atoms with van der Waals surface area (Å²) in [7, 11) is 0. The lowest BCUT2D eigenvalue weighted by molar-refractivity contribution is 0.353. The maximum Gasteiger partial charge on any atom is 0.186 e. The fourth-order valence-electron chi connectivity index (χ4n) is 1.64. The van der Waals surface area contributed by atoms with Crippen LogP contribution in [0, 0.1) is 0 Å². The van der Waals surface area contributed by atoms with Crippen LogP contribution in [0.5, 0.6) is 5.75 Å². The van der Waals surface area contributed by atoms with Crippen molar-refractivity contribution >= 4 is 21.9 Å². The van der Waals surface area contributed by atoms with Gasteiger partial charge in [-0.25, -0.2) is 4.99 Å². The van der Waals surface area contributed by atoms with Crippen molar-refractivity contribution in [1.29, 1.82) is 0 Å². The van der Waals surface area contributed by atoms with Crippen molar-refractivity contribution < 1.29 is 4.74 Å². The quantitative estimate of drug-likeness (QED) is 0.625. The van der Waals surface area contributed by atoms with Crippen LogP contribution in [0.4, 0.5) is 0 Å². The smallest absolute Gasteiger partial charge is 0.186 e. The summed E-state index contributed by atoms with van der Waals surface area (Å²) in [5.74, 6) is 1.03. The van der Waals surface area contributed by atoms with Gasteiger partial charge in [-0.2, -0.15) is 0 Å². The number of guanidine groups is 1. The van der Waals surface area contributed by atoms with Gasteiger partial charge in [0.15, 0.2) is 5.96 Å². The van der Waals surface area contributed by atoms with Crippen molar-refractivity contribution in [2.75, 3.05) is 6.61 Å². The van der Waals surface area contributed by atoms with Crippen LogP contribution in [0.15, 0.2) is 21.6 Å². The molecule has 5 heteroatoms. The first kappa shape index (κ1) is 10.3. The lowest BCUT2D eigenvalue weighted by Crippen LogP contribution is -2.22. The molecule has 1 aromatic rings. The minimum absolute atomic E-state index is 0.0988. The Morgan fingerprint density at radius 2 is 2.27 bits per heavy atom. The molecular weight excluding hydrogens is 258 g/mol. The summed E-state index contributed by atoms with van der Waals surface area (Å²) in [5.41, 5.74) is 12.8. The molecule has 4 nitrogen and oxygen atoms in total. The van der Waals surface area contributed by atoms with Crippen molar-refractivity contribution in [2.45, 2.75) is 13.0 Å². The number of hydrogen-bond acceptors (Lipinski definition) is 2. The minimum Gasteiger partial charge on any atom is -0.493 e. The highest BCUT2D eigenvalue weighted by Crippen LogP contribution is 2.33. The van der Waals surface area contributed by atoms with Crippen LogP contribution in [0.2, 0.25) is 0 Å². The summed E-state index contributed by atoms with van der Waals surface area (Å²) < 4.78 is 6.58. The number of aliphatic imine (C=N–C) groups is 1. The first-order chi connectivity index (χ1) is 7.16. The Kier molecular flexibility index (Phi) is 2.81. The van der Waals surface area contributed by atoms with Crippen molar-refractivity contribution in [3.05, 3.63) is 27.7 Å². The van der Waals surface area contributed by atoms with E-state index in [1.54, 1.807) is 0 Å². The summed E-state index contributed by atoms with van der Waals surface area (Å²) in [6, 6.07) is 4.05. The molecule has 0 saturated heterocycles. The first-order valence-corrected chi connectivity index (χ1v) is 5.45. The summed E-state index contributed by atoms with van der Waals surface area (Å²) in [5, 5.41) is 0. The number of hydrogen-bond donors (Lipinski definition) is 2. The lowest BCUT2D eigenvalue weighted by Gasteiger charge is -2.06. The molecule has 1 aliphatic heterocycles. The summed E-state index contributed by atoms with van der Waals surface area (Å²) in [6.07, 6.45) is 0.948. The van der Waals surface area contributed by atoms with Crippen LogP contribution >= 0.6 is 15.9 Å². The number of halogens is 1. The van der Waals surface area contributed by atoms with E-state index >= 15 is 0 Å². The van der Waals surface area contributed by atoms with E-state index in [9.17, 15) is 0 Å². The van der Waals surface area contributed by atoms with Gasteiger partial charge in [0.2, 0.25) is 0 Å². The van der Waals surface area contributed by atoms with Crippen LogP contribution in [-0.2, 0) is 13.0 Å². The Labute approximate surface area is 96.4 Å². The lowest BCUT2D eigenvalue weighted by atomic mass is 10.1. The van der Waals surface area contributed by atoms with Crippen molar-refractivity contribution in [3.63, 3.8) is 0 Å². The maximum atomic E-state index is 5.55. The van der Waals surface area contributed by atoms with E-state index in [1.807, 2.05) is 6.07 Å². The molecule has 1 aliphatic rings. The Balaban J connectivity index is 2.34. The third-order valence-corrected chi connectivity index (χ3v) is 2.72. The Hall–Kier alpha value is -1.23. The third-order valence-electron chi connectivity index (χ3n) is 2.26. The fraction of sp³-hybridized carbons (Fsp3) is 0.300. The third kappa shape index (κ3) is 2.23. The predicted molar refractivity (Wildman–Crippen MR) is 62.9 cm³/mol. The van der Waals surface area contributed by atoms with E-state index in [0.717, 1.165) is 28.8 Å². The molecule has 15 heavy (non-hydrogen) atoms. The summed E-state index contributed by atoms with van der Waals surface area (Å²) in [4.78, 5) is 3.98. The fourth-order valence-corrected chi connectivity index (χ4v) is 2.19. The van der Waals surface area contributed by atoms with E-state index < -0.39 is 0 Å². The van der Waals surface area contributed by atoms with Crippen LogP contribution in [0.3, 0.4) is 0 Å². The topological polar surface area (TPSA) is 73.6 Å². The molecule has 0 aromatic heterocycles. The summed E-state index contributed by atoms with van der Waals surface area (Å²) in [6.45, 7) is 1.20. The zero-order valence-electron chi connectivity index (χ0n) is 8.16. The molecular formula is C10H12BrN3O. The summed E-state index contributed by atoms with van der Waals surface area (Å²) >= 11 is 3.46. The zero-order valence-corrected chi connectivity index (χ0v) is 9.75. The Morgan fingerprint density at radius 3 is 3.00 bits per heavy atom. The van der Waals surface area contributed by atoms with Gasteiger partial charge in [-0.05, 0) is 17.7 Å². The minimum atomic E-state index is 0.0988. The van der Waals surface area contributed by atoms with Crippen LogP contribution in [0.1, 0.15) is 11.1 Å². The van der Waals surface area contributed by atoms with Gasteiger partial charge >= 0.3 is 0 Å². The largest absolute Gasteiger partial charge is 0.493 e. The molecule has 0 saturated carbocycles. The predicted octanol–water partition coefficient (Wildman–Crippen LogP) is 1.16. The second-order valence-electron chi connectivity index (χ2n) is 3.39. The molecule has 0 unspecified atom stereocenters. The van der Waals surface area contributed by atoms with Crippen LogP contribution in [-0.4, -0.2) is 12.6 Å². The van der Waals surface area contributed by atoms with Gasteiger partial charge in [0.25, 0.3) is 0 Å². The molecule has 80 valence electrons. The normalized spacial score (nSPS) is 13.1. The van der Waals surface area contributed by atoms with E-state index in [1.165, 1.54) is 5.56 Å². The SMILES string of the molecule is NC(N)=NCc1cc(Br)cc2c1OCC2. The Bertz CT molecular complexity index is 413. The highest BCUT2D eigenvalue weighted by Gasteiger charge is 2.16. The van der Waals surface area contributed by atoms with E-state index in [-0.39, 0.29) is 5.96 Å². The number of rotatable bonds is 2. The first-order valence-electron chi connectivity index (χ1n) is 4.66. The molecule has 0 spiro atoms. The molecule has 4 N–H and O–H groups in total. The molecule has 0 atom stereocenters. The zero-order chi connectivity index (χ0) is 10.8. The van der Waals surface area contributed by atoms with Gasteiger partial charge in [-0.1, -0.05) is 15.9 Å². The highest BCUT2D eigenvalue weighted by molar-refractivity contribution is 9.10. The second kappa shape index (κ2) is 4.10. The number of nitrogens with two attached hydrogens (primary N) is 2. The standard InChI is InChI=1S/C10H12BrN3O/c11-8-3-6-1-2-15-9(6)7(4-8)5-14-10(12)13/h3-4H,1-2,5H2,(H4,12,13,14). The second-order valence-corrected chi connectivity index (χ2v) is 4.31. The molecule has 1 heterocycles. The van der Waals surface area contributed by atoms with Gasteiger partial charge in [-0.3, -0.25) is 0 Å². The van der Waals surface area contributed by atoms with Gasteiger partial charge in [0.05, 0.1) is 13.2 Å². The maximum absolute atomic E-state index is 5.55. The van der Waals surface area contributed by atoms with E-state index in [0.29, 0.717) is 6.54 Å². The number of nitrogens with zero attached hydrogens (tertiary/aromatic N) is 1. The average molecular weight is 270 g/mol. The van der Waals surface area contributed by atoms with Gasteiger partial charge < -0.3 is 16.2 Å². The molecule has 0 radical (unpaired) electrons. The van der Waals surface area contributed by atoms with Crippen molar-refractivity contribution in [2.24, 2.45) is 16.5 Å². The van der Waals surface area contributed by atoms with Gasteiger partial charge in [0.1, 0.15) is 5.75 Å². The molecule has 0 bridgehead atoms. The molecule has 2 rings (SSSR count). The Morgan fingerprint density at radius 1 is 1.47 bits per heavy atom. The number of benzene rings is 1. The molecule has 0 fully saturated rings. The van der Waals surface area contributed by atoms with Gasteiger partial charge in [-0.15, -0.1) is 0 Å². The monoisotopic (exact) mass is 269 g/mol. The average Bonchev–Trinajstić information content (AvgIpc) is 2.61. The van der Waals surface area contributed by atoms with Gasteiger partial charge in [0, 0.05) is 16.5 Å². The van der Waals surface area contributed by atoms with E-state index in [2.05, 4.69) is 27.0 Å². The van der Waals surface area contributed by atoms with Crippen LogP contribution < -0.4 is 16.2 Å². The van der Waals surface area contributed by atoms with Crippen LogP contribution in [0.25, 0.3) is 0 Å². The number of ether oxygens (including phenoxy) is 1. The molecule has 0 amide bonds. The highest BCUT2D eigenvalue weighted by atomic mass is 79.9. The molecule has 0 aliphatic carbocycles. The van der Waals surface area contributed by atoms with Crippen molar-refractivity contribution in [3.8, 4) is 5.75 Å².